The van der Waals surface area contributed by atoms with Crippen LogP contribution in [0.5, 0.6) is 0 Å². The molecule has 1 fully saturated rings. The molecule has 1 aromatic rings. The molecule has 0 amide bonds. The number of nitrogens with zero attached hydrogens (tertiary/aromatic N) is 4. The zero-order valence-corrected chi connectivity index (χ0v) is 11.8. The summed E-state index contributed by atoms with van der Waals surface area (Å²) in [7, 11) is 1.78. The summed E-state index contributed by atoms with van der Waals surface area (Å²) in [5.41, 5.74) is 0.0165. The van der Waals surface area contributed by atoms with Crippen LogP contribution in [0.2, 0.25) is 0 Å². The van der Waals surface area contributed by atoms with Gasteiger partial charge in [-0.1, -0.05) is 27.2 Å². The van der Waals surface area contributed by atoms with E-state index in [2.05, 4.69) is 36.2 Å². The van der Waals surface area contributed by atoms with E-state index in [0.717, 1.165) is 25.1 Å². The van der Waals surface area contributed by atoms with E-state index in [9.17, 15) is 5.11 Å². The van der Waals surface area contributed by atoms with Crippen molar-refractivity contribution in [1.29, 1.82) is 0 Å². The summed E-state index contributed by atoms with van der Waals surface area (Å²) in [4.78, 5) is 1.49. The molecule has 5 heteroatoms. The van der Waals surface area contributed by atoms with Crippen molar-refractivity contribution in [3.8, 4) is 0 Å². The molecule has 102 valence electrons. The van der Waals surface area contributed by atoms with E-state index in [4.69, 9.17) is 0 Å². The molecule has 0 bridgehead atoms. The third kappa shape index (κ3) is 2.88. The highest BCUT2D eigenvalue weighted by Crippen LogP contribution is 2.41. The Morgan fingerprint density at radius 1 is 1.39 bits per heavy atom. The van der Waals surface area contributed by atoms with Crippen molar-refractivity contribution in [3.63, 3.8) is 0 Å². The van der Waals surface area contributed by atoms with Gasteiger partial charge in [0.1, 0.15) is 0 Å². The Morgan fingerprint density at radius 3 is 2.67 bits per heavy atom. The minimum absolute atomic E-state index is 0.0165. The normalized spacial score (nSPS) is 29.5. The Labute approximate surface area is 109 Å². The molecular formula is C13H24N4O. The maximum absolute atomic E-state index is 10.3. The van der Waals surface area contributed by atoms with Crippen molar-refractivity contribution in [1.82, 2.24) is 20.2 Å². The smallest absolute Gasteiger partial charge is 0.175 e. The van der Waals surface area contributed by atoms with Crippen LogP contribution in [0.15, 0.2) is 0 Å². The highest BCUT2D eigenvalue weighted by atomic mass is 16.3. The Kier molecular flexibility index (Phi) is 3.71. The van der Waals surface area contributed by atoms with Crippen molar-refractivity contribution in [2.75, 3.05) is 0 Å². The molecule has 1 aliphatic rings. The second-order valence-corrected chi connectivity index (χ2v) is 6.45. The zero-order chi connectivity index (χ0) is 13.3. The second-order valence-electron chi connectivity index (χ2n) is 6.45. The predicted octanol–water partition coefficient (Wildman–Crippen LogP) is 1.58. The summed E-state index contributed by atoms with van der Waals surface area (Å²) in [6.45, 7) is 6.62. The summed E-state index contributed by atoms with van der Waals surface area (Å²) < 4.78 is 0. The second kappa shape index (κ2) is 4.96. The van der Waals surface area contributed by atoms with Crippen LogP contribution in [0.4, 0.5) is 0 Å². The van der Waals surface area contributed by atoms with Gasteiger partial charge in [0.05, 0.1) is 13.2 Å². The van der Waals surface area contributed by atoms with Crippen molar-refractivity contribution < 1.29 is 5.11 Å². The van der Waals surface area contributed by atoms with Crippen LogP contribution < -0.4 is 0 Å². The van der Waals surface area contributed by atoms with Gasteiger partial charge in [0, 0.05) is 6.42 Å². The number of aliphatic hydroxyl groups is 1. The number of rotatable bonds is 3. The van der Waals surface area contributed by atoms with Gasteiger partial charge in [0.25, 0.3) is 0 Å². The largest absolute Gasteiger partial charge is 0.393 e. The van der Waals surface area contributed by atoms with Gasteiger partial charge in [0.2, 0.25) is 0 Å². The minimum atomic E-state index is -0.194. The molecule has 3 unspecified atom stereocenters. The van der Waals surface area contributed by atoms with Gasteiger partial charge in [-0.3, -0.25) is 0 Å². The van der Waals surface area contributed by atoms with E-state index >= 15 is 0 Å². The molecule has 0 spiro atoms. The summed E-state index contributed by atoms with van der Waals surface area (Å²) in [6, 6.07) is 0. The molecule has 0 saturated heterocycles. The Bertz CT molecular complexity index is 401. The molecule has 1 heterocycles. The Hall–Kier alpha value is -0.970. The molecule has 3 atom stereocenters. The number of hydrogen-bond donors (Lipinski definition) is 1. The van der Waals surface area contributed by atoms with Crippen molar-refractivity contribution in [3.05, 3.63) is 5.82 Å². The van der Waals surface area contributed by atoms with Gasteiger partial charge in [-0.05, 0) is 35.3 Å². The lowest BCUT2D eigenvalue weighted by molar-refractivity contribution is -0.0132. The minimum Gasteiger partial charge on any atom is -0.393 e. The van der Waals surface area contributed by atoms with Crippen molar-refractivity contribution in [2.24, 2.45) is 24.3 Å². The number of aromatic nitrogens is 4. The lowest BCUT2D eigenvalue weighted by Crippen LogP contribution is -2.40. The first-order valence-corrected chi connectivity index (χ1v) is 6.79. The number of aryl methyl sites for hydroxylation is 1. The van der Waals surface area contributed by atoms with Gasteiger partial charge in [-0.15, -0.1) is 10.2 Å². The molecule has 0 aliphatic heterocycles. The summed E-state index contributed by atoms with van der Waals surface area (Å²) in [5, 5.41) is 22.5. The van der Waals surface area contributed by atoms with Gasteiger partial charge in [0.15, 0.2) is 5.82 Å². The first-order chi connectivity index (χ1) is 8.38. The average molecular weight is 252 g/mol. The fraction of sp³-hybridized carbons (Fsp3) is 0.923. The van der Waals surface area contributed by atoms with E-state index < -0.39 is 0 Å². The first-order valence-electron chi connectivity index (χ1n) is 6.79. The maximum atomic E-state index is 10.3. The van der Waals surface area contributed by atoms with E-state index in [0.29, 0.717) is 11.8 Å². The Morgan fingerprint density at radius 2 is 2.11 bits per heavy atom. The van der Waals surface area contributed by atoms with Crippen LogP contribution in [0, 0.1) is 17.3 Å². The summed E-state index contributed by atoms with van der Waals surface area (Å²) in [5.74, 6) is 1.74. The first kappa shape index (κ1) is 13.5. The highest BCUT2D eigenvalue weighted by molar-refractivity contribution is 4.94. The third-order valence-corrected chi connectivity index (χ3v) is 4.25. The fourth-order valence-corrected chi connectivity index (χ4v) is 3.20. The molecule has 0 aromatic carbocycles. The summed E-state index contributed by atoms with van der Waals surface area (Å²) in [6.07, 6.45) is 3.80. The molecule has 2 rings (SSSR count). The van der Waals surface area contributed by atoms with E-state index in [1.54, 1.807) is 7.05 Å². The van der Waals surface area contributed by atoms with Crippen LogP contribution in [0.25, 0.3) is 0 Å². The highest BCUT2D eigenvalue weighted by Gasteiger charge is 2.38. The standard InChI is InChI=1S/C13H24N4O/c1-9-5-6-10(11(18)7-9)13(2,3)8-12-14-16-17(4)15-12/h9-11,18H,5-8H2,1-4H3. The monoisotopic (exact) mass is 252 g/mol. The van der Waals surface area contributed by atoms with Crippen molar-refractivity contribution >= 4 is 0 Å². The maximum Gasteiger partial charge on any atom is 0.175 e. The van der Waals surface area contributed by atoms with Gasteiger partial charge in [-0.25, -0.2) is 0 Å². The Balaban J connectivity index is 2.05. The van der Waals surface area contributed by atoms with E-state index in [1.165, 1.54) is 11.2 Å². The van der Waals surface area contributed by atoms with Crippen LogP contribution in [-0.2, 0) is 13.5 Å². The van der Waals surface area contributed by atoms with Crippen molar-refractivity contribution in [2.45, 2.75) is 52.6 Å². The average Bonchev–Trinajstić information content (AvgIpc) is 2.62. The predicted molar refractivity (Wildman–Crippen MR) is 68.8 cm³/mol. The molecule has 1 aliphatic carbocycles. The van der Waals surface area contributed by atoms with Crippen LogP contribution >= 0.6 is 0 Å². The SMILES string of the molecule is CC1CCC(C(C)(C)Cc2nnn(C)n2)C(O)C1. The van der Waals surface area contributed by atoms with Gasteiger partial charge < -0.3 is 5.11 Å². The zero-order valence-electron chi connectivity index (χ0n) is 11.8. The lowest BCUT2D eigenvalue weighted by Gasteiger charge is -2.41. The van der Waals surface area contributed by atoms with Gasteiger partial charge >= 0.3 is 0 Å². The van der Waals surface area contributed by atoms with E-state index in [1.807, 2.05) is 0 Å². The number of aliphatic hydroxyl groups excluding tert-OH is 1. The molecular weight excluding hydrogens is 228 g/mol. The molecule has 5 nitrogen and oxygen atoms in total. The van der Waals surface area contributed by atoms with E-state index in [-0.39, 0.29) is 11.5 Å². The quantitative estimate of drug-likeness (QED) is 0.887. The number of hydrogen-bond acceptors (Lipinski definition) is 4. The molecule has 1 saturated carbocycles. The lowest BCUT2D eigenvalue weighted by atomic mass is 9.66. The van der Waals surface area contributed by atoms with Gasteiger partial charge in [-0.2, -0.15) is 4.80 Å². The topological polar surface area (TPSA) is 63.8 Å². The number of tetrazole rings is 1. The molecule has 0 radical (unpaired) electrons. The van der Waals surface area contributed by atoms with Crippen LogP contribution in [0.1, 0.15) is 45.9 Å². The fourth-order valence-electron chi connectivity index (χ4n) is 3.20. The summed E-state index contributed by atoms with van der Waals surface area (Å²) >= 11 is 0. The molecule has 1 N–H and O–H groups in total. The van der Waals surface area contributed by atoms with Crippen LogP contribution in [0.3, 0.4) is 0 Å². The molecule has 18 heavy (non-hydrogen) atoms. The third-order valence-electron chi connectivity index (χ3n) is 4.25. The van der Waals surface area contributed by atoms with Crippen LogP contribution in [-0.4, -0.2) is 31.4 Å². The molecule has 1 aromatic heterocycles.